The number of allylic oxidation sites excluding steroid dienone is 1. The van der Waals surface area contributed by atoms with Crippen LogP contribution in [0.4, 0.5) is 11.4 Å². The first-order valence-corrected chi connectivity index (χ1v) is 10.3. The van der Waals surface area contributed by atoms with E-state index in [1.807, 2.05) is 32.3 Å². The Morgan fingerprint density at radius 1 is 1.10 bits per heavy atom. The first-order valence-electron chi connectivity index (χ1n) is 10.3. The number of carbonyl (C=O) groups excluding carboxylic acids is 2. The van der Waals surface area contributed by atoms with Crippen molar-refractivity contribution in [2.45, 2.75) is 33.2 Å². The lowest BCUT2D eigenvalue weighted by atomic mass is 10.0. The minimum Gasteiger partial charge on any atom is -0.462 e. The summed E-state index contributed by atoms with van der Waals surface area (Å²) < 4.78 is 5.06. The third-order valence-corrected chi connectivity index (χ3v) is 4.83. The molecule has 0 saturated heterocycles. The molecule has 1 aliphatic rings. The Morgan fingerprint density at radius 3 is 2.47 bits per heavy atom. The first-order chi connectivity index (χ1) is 14.4. The molecular formula is C24H29N3O3. The monoisotopic (exact) mass is 407 g/mol. The van der Waals surface area contributed by atoms with Crippen molar-refractivity contribution in [1.82, 2.24) is 4.90 Å². The third-order valence-electron chi connectivity index (χ3n) is 4.83. The van der Waals surface area contributed by atoms with Gasteiger partial charge in [-0.15, -0.1) is 0 Å². The van der Waals surface area contributed by atoms with Gasteiger partial charge in [0.2, 0.25) is 0 Å². The number of amides is 1. The van der Waals surface area contributed by atoms with Crippen LogP contribution in [0.1, 0.15) is 48.2 Å². The number of esters is 1. The molecule has 2 N–H and O–H groups in total. The maximum absolute atomic E-state index is 12.8. The van der Waals surface area contributed by atoms with Gasteiger partial charge in [0.15, 0.2) is 0 Å². The van der Waals surface area contributed by atoms with E-state index in [1.165, 1.54) is 5.56 Å². The van der Waals surface area contributed by atoms with Crippen molar-refractivity contribution in [3.8, 4) is 0 Å². The van der Waals surface area contributed by atoms with Gasteiger partial charge in [0, 0.05) is 23.5 Å². The van der Waals surface area contributed by atoms with Crippen LogP contribution in [0, 0.1) is 0 Å². The summed E-state index contributed by atoms with van der Waals surface area (Å²) in [4.78, 5) is 26.9. The lowest BCUT2D eigenvalue weighted by molar-refractivity contribution is -0.110. The summed E-state index contributed by atoms with van der Waals surface area (Å²) in [5, 5.41) is 6.34. The van der Waals surface area contributed by atoms with Gasteiger partial charge < -0.3 is 20.3 Å². The lowest BCUT2D eigenvalue weighted by Crippen LogP contribution is -2.11. The average Bonchev–Trinajstić information content (AvgIpc) is 3.03. The number of nitrogens with one attached hydrogen (secondary N) is 2. The number of carbonyl (C=O) groups is 2. The minimum atomic E-state index is -0.392. The smallest absolute Gasteiger partial charge is 0.338 e. The van der Waals surface area contributed by atoms with Crippen molar-refractivity contribution in [3.63, 3.8) is 0 Å². The van der Waals surface area contributed by atoms with Crippen LogP contribution >= 0.6 is 0 Å². The molecule has 30 heavy (non-hydrogen) atoms. The summed E-state index contributed by atoms with van der Waals surface area (Å²) in [6, 6.07) is 13.4. The van der Waals surface area contributed by atoms with Crippen LogP contribution < -0.4 is 10.6 Å². The molecule has 0 aromatic heterocycles. The zero-order valence-electron chi connectivity index (χ0n) is 18.0. The number of rotatable bonds is 8. The van der Waals surface area contributed by atoms with Crippen LogP contribution in [-0.4, -0.2) is 37.5 Å². The number of ether oxygens (including phenoxy) is 1. The predicted molar refractivity (Wildman–Crippen MR) is 120 cm³/mol. The predicted octanol–water partition coefficient (Wildman–Crippen LogP) is 4.50. The average molecular weight is 408 g/mol. The summed E-state index contributed by atoms with van der Waals surface area (Å²) in [7, 11) is 4.08. The molecule has 0 fully saturated rings. The first kappa shape index (κ1) is 21.6. The molecule has 0 aliphatic carbocycles. The van der Waals surface area contributed by atoms with Crippen LogP contribution in [0.3, 0.4) is 0 Å². The third kappa shape index (κ3) is 4.89. The molecule has 2 aromatic rings. The van der Waals surface area contributed by atoms with Gasteiger partial charge >= 0.3 is 5.97 Å². The number of fused-ring (bicyclic) bond motifs is 1. The Bertz CT molecular complexity index is 962. The summed E-state index contributed by atoms with van der Waals surface area (Å²) in [5.41, 5.74) is 5.53. The van der Waals surface area contributed by atoms with Crippen LogP contribution in [0.15, 0.2) is 48.2 Å². The molecule has 0 spiro atoms. The normalized spacial score (nSPS) is 14.4. The number of anilines is 2. The van der Waals surface area contributed by atoms with Crippen molar-refractivity contribution in [2.75, 3.05) is 31.3 Å². The molecular weight excluding hydrogens is 378 g/mol. The minimum absolute atomic E-state index is 0.161. The van der Waals surface area contributed by atoms with Crippen molar-refractivity contribution < 1.29 is 14.3 Å². The quantitative estimate of drug-likeness (QED) is 0.498. The molecule has 1 amide bonds. The molecule has 158 valence electrons. The van der Waals surface area contributed by atoms with E-state index >= 15 is 0 Å². The number of hydrogen-bond donors (Lipinski definition) is 2. The standard InChI is InChI=1S/C24H29N3O3/c1-5-7-20(25-18-11-8-16(9-12-18)15-27(3)4)22-19-13-10-17(24(29)30-6-2)14-21(19)26-23(22)28/h8-14,25H,5-7,15H2,1-4H3,(H,26,28)/b22-20-. The molecule has 2 aromatic carbocycles. The Kier molecular flexibility index (Phi) is 6.90. The highest BCUT2D eigenvalue weighted by molar-refractivity contribution is 6.32. The fourth-order valence-electron chi connectivity index (χ4n) is 3.55. The highest BCUT2D eigenvalue weighted by Crippen LogP contribution is 2.36. The van der Waals surface area contributed by atoms with Crippen molar-refractivity contribution >= 4 is 28.8 Å². The zero-order chi connectivity index (χ0) is 21.7. The van der Waals surface area contributed by atoms with Crippen LogP contribution in [0.5, 0.6) is 0 Å². The largest absolute Gasteiger partial charge is 0.462 e. The van der Waals surface area contributed by atoms with Crippen LogP contribution in [0.25, 0.3) is 5.57 Å². The molecule has 0 saturated carbocycles. The second kappa shape index (κ2) is 9.59. The number of benzene rings is 2. The Labute approximate surface area is 177 Å². The van der Waals surface area contributed by atoms with E-state index in [1.54, 1.807) is 19.1 Å². The van der Waals surface area contributed by atoms with E-state index in [9.17, 15) is 9.59 Å². The highest BCUT2D eigenvalue weighted by atomic mass is 16.5. The topological polar surface area (TPSA) is 70.7 Å². The molecule has 3 rings (SSSR count). The molecule has 0 radical (unpaired) electrons. The maximum Gasteiger partial charge on any atom is 0.338 e. The molecule has 6 nitrogen and oxygen atoms in total. The summed E-state index contributed by atoms with van der Waals surface area (Å²) >= 11 is 0. The van der Waals surface area contributed by atoms with Crippen LogP contribution in [0.2, 0.25) is 0 Å². The maximum atomic E-state index is 12.8. The highest BCUT2D eigenvalue weighted by Gasteiger charge is 2.28. The van der Waals surface area contributed by atoms with Gasteiger partial charge in [-0.2, -0.15) is 0 Å². The number of hydrogen-bond acceptors (Lipinski definition) is 5. The second-order valence-corrected chi connectivity index (χ2v) is 7.60. The van der Waals surface area contributed by atoms with E-state index in [0.717, 1.165) is 36.3 Å². The van der Waals surface area contributed by atoms with E-state index in [0.29, 0.717) is 23.4 Å². The summed E-state index contributed by atoms with van der Waals surface area (Å²) in [5.74, 6) is -0.553. The lowest BCUT2D eigenvalue weighted by Gasteiger charge is -2.15. The van der Waals surface area contributed by atoms with Crippen molar-refractivity contribution in [1.29, 1.82) is 0 Å². The van der Waals surface area contributed by atoms with Gasteiger partial charge in [-0.25, -0.2) is 4.79 Å². The second-order valence-electron chi connectivity index (χ2n) is 7.60. The fourth-order valence-corrected chi connectivity index (χ4v) is 3.55. The van der Waals surface area contributed by atoms with Gasteiger partial charge in [-0.3, -0.25) is 4.79 Å². The zero-order valence-corrected chi connectivity index (χ0v) is 18.0. The number of nitrogens with zero attached hydrogens (tertiary/aromatic N) is 1. The Morgan fingerprint density at radius 2 is 1.83 bits per heavy atom. The van der Waals surface area contributed by atoms with E-state index in [-0.39, 0.29) is 5.91 Å². The van der Waals surface area contributed by atoms with Gasteiger partial charge in [0.05, 0.1) is 23.4 Å². The SMILES string of the molecule is CCC/C(Nc1ccc(CN(C)C)cc1)=C1/C(=O)Nc2cc(C(=O)OCC)ccc21. The Hall–Kier alpha value is -3.12. The van der Waals surface area contributed by atoms with Gasteiger partial charge in [-0.1, -0.05) is 31.5 Å². The Balaban J connectivity index is 1.92. The van der Waals surface area contributed by atoms with Crippen molar-refractivity contribution in [3.05, 3.63) is 64.9 Å². The van der Waals surface area contributed by atoms with Gasteiger partial charge in [0.1, 0.15) is 0 Å². The van der Waals surface area contributed by atoms with Gasteiger partial charge in [-0.05, 0) is 57.3 Å². The van der Waals surface area contributed by atoms with E-state index in [4.69, 9.17) is 4.74 Å². The molecule has 1 heterocycles. The fraction of sp³-hybridized carbons (Fsp3) is 0.333. The van der Waals surface area contributed by atoms with E-state index in [2.05, 4.69) is 34.6 Å². The molecule has 0 unspecified atom stereocenters. The summed E-state index contributed by atoms with van der Waals surface area (Å²) in [6.45, 7) is 5.04. The summed E-state index contributed by atoms with van der Waals surface area (Å²) in [6.07, 6.45) is 1.63. The van der Waals surface area contributed by atoms with Crippen molar-refractivity contribution in [2.24, 2.45) is 0 Å². The van der Waals surface area contributed by atoms with Crippen LogP contribution in [-0.2, 0) is 16.1 Å². The molecule has 6 heteroatoms. The molecule has 1 aliphatic heterocycles. The molecule has 0 atom stereocenters. The van der Waals surface area contributed by atoms with Gasteiger partial charge in [0.25, 0.3) is 5.91 Å². The molecule has 0 bridgehead atoms. The van der Waals surface area contributed by atoms with E-state index < -0.39 is 5.97 Å².